The summed E-state index contributed by atoms with van der Waals surface area (Å²) in [5, 5.41) is 1.81. The molecule has 1 fully saturated rings. The maximum Gasteiger partial charge on any atom is 0.307 e. The molecule has 128 valence electrons. The van der Waals surface area contributed by atoms with Gasteiger partial charge in [-0.05, 0) is 31.2 Å². The van der Waals surface area contributed by atoms with Gasteiger partial charge in [0.05, 0.1) is 0 Å². The van der Waals surface area contributed by atoms with Crippen molar-refractivity contribution < 1.29 is 9.18 Å². The highest BCUT2D eigenvalue weighted by Crippen LogP contribution is 2.17. The molecule has 0 atom stereocenters. The van der Waals surface area contributed by atoms with Crippen LogP contribution in [0.2, 0.25) is 0 Å². The van der Waals surface area contributed by atoms with Crippen LogP contribution in [0.15, 0.2) is 34.4 Å². The fourth-order valence-corrected chi connectivity index (χ4v) is 3.67. The number of thiazole rings is 1. The Morgan fingerprint density at radius 2 is 1.83 bits per heavy atom. The summed E-state index contributed by atoms with van der Waals surface area (Å²) in [7, 11) is 0. The fraction of sp³-hybridized carbons (Fsp3) is 0.412. The highest BCUT2D eigenvalue weighted by atomic mass is 32.1. The molecule has 0 N–H and O–H groups in total. The van der Waals surface area contributed by atoms with Crippen LogP contribution in [0.25, 0.3) is 0 Å². The minimum atomic E-state index is -0.244. The van der Waals surface area contributed by atoms with Crippen molar-refractivity contribution >= 4 is 22.9 Å². The molecule has 0 spiro atoms. The van der Waals surface area contributed by atoms with E-state index in [1.807, 2.05) is 17.2 Å². The zero-order chi connectivity index (χ0) is 17.1. The van der Waals surface area contributed by atoms with E-state index in [2.05, 4.69) is 4.90 Å². The van der Waals surface area contributed by atoms with Gasteiger partial charge in [0.2, 0.25) is 5.91 Å². The standard InChI is InChI=1S/C17H20FN3O2S/c1-13-12-24-17(23)21(13)7-6-16(22)20-10-8-19(9-11-20)15-4-2-14(18)3-5-15/h2-5,12H,6-11H2,1H3. The number of carbonyl (C=O) groups excluding carboxylic acids is 1. The van der Waals surface area contributed by atoms with Crippen molar-refractivity contribution in [3.63, 3.8) is 0 Å². The highest BCUT2D eigenvalue weighted by molar-refractivity contribution is 7.07. The lowest BCUT2D eigenvalue weighted by atomic mass is 10.2. The fourth-order valence-electron chi connectivity index (χ4n) is 2.91. The number of anilines is 1. The van der Waals surface area contributed by atoms with E-state index in [9.17, 15) is 14.0 Å². The molecule has 1 saturated heterocycles. The van der Waals surface area contributed by atoms with E-state index in [1.54, 1.807) is 16.7 Å². The van der Waals surface area contributed by atoms with Gasteiger partial charge < -0.3 is 14.4 Å². The highest BCUT2D eigenvalue weighted by Gasteiger charge is 2.21. The Hall–Kier alpha value is -2.15. The van der Waals surface area contributed by atoms with Gasteiger partial charge in [0.1, 0.15) is 5.82 Å². The van der Waals surface area contributed by atoms with Crippen LogP contribution in [0.1, 0.15) is 12.1 Å². The Bertz CT molecular complexity index is 761. The van der Waals surface area contributed by atoms with E-state index in [-0.39, 0.29) is 16.6 Å². The number of hydrogen-bond acceptors (Lipinski definition) is 4. The number of hydrogen-bond donors (Lipinski definition) is 0. The summed E-state index contributed by atoms with van der Waals surface area (Å²) >= 11 is 1.17. The van der Waals surface area contributed by atoms with Crippen molar-refractivity contribution in [2.75, 3.05) is 31.1 Å². The first-order valence-electron chi connectivity index (χ1n) is 7.98. The number of aryl methyl sites for hydroxylation is 1. The van der Waals surface area contributed by atoms with Crippen molar-refractivity contribution in [1.82, 2.24) is 9.47 Å². The molecule has 0 bridgehead atoms. The molecule has 0 radical (unpaired) electrons. The second kappa shape index (κ2) is 7.17. The molecule has 1 aromatic heterocycles. The average molecular weight is 349 g/mol. The molecule has 1 aliphatic heterocycles. The number of benzene rings is 1. The number of halogens is 1. The molecule has 3 rings (SSSR count). The number of carbonyl (C=O) groups is 1. The minimum Gasteiger partial charge on any atom is -0.368 e. The van der Waals surface area contributed by atoms with Gasteiger partial charge >= 0.3 is 4.87 Å². The molecular weight excluding hydrogens is 329 g/mol. The van der Waals surface area contributed by atoms with Gasteiger partial charge in [-0.15, -0.1) is 0 Å². The summed E-state index contributed by atoms with van der Waals surface area (Å²) in [6.45, 7) is 5.07. The van der Waals surface area contributed by atoms with Gasteiger partial charge in [-0.3, -0.25) is 9.59 Å². The number of aromatic nitrogens is 1. The predicted octanol–water partition coefficient (Wildman–Crippen LogP) is 2.10. The quantitative estimate of drug-likeness (QED) is 0.849. The summed E-state index contributed by atoms with van der Waals surface area (Å²) in [6.07, 6.45) is 0.341. The zero-order valence-electron chi connectivity index (χ0n) is 13.6. The van der Waals surface area contributed by atoms with Gasteiger partial charge in [-0.25, -0.2) is 4.39 Å². The third-order valence-corrected chi connectivity index (χ3v) is 5.23. The first-order valence-corrected chi connectivity index (χ1v) is 8.86. The second-order valence-electron chi connectivity index (χ2n) is 5.89. The molecule has 5 nitrogen and oxygen atoms in total. The SMILES string of the molecule is Cc1csc(=O)n1CCC(=O)N1CCN(c2ccc(F)cc2)CC1. The molecule has 0 unspecified atom stereocenters. The van der Waals surface area contributed by atoms with Gasteiger partial charge in [-0.2, -0.15) is 0 Å². The van der Waals surface area contributed by atoms with Crippen LogP contribution in [0.4, 0.5) is 10.1 Å². The van der Waals surface area contributed by atoms with Crippen LogP contribution in [-0.4, -0.2) is 41.6 Å². The van der Waals surface area contributed by atoms with E-state index < -0.39 is 0 Å². The van der Waals surface area contributed by atoms with Crippen molar-refractivity contribution in [1.29, 1.82) is 0 Å². The third kappa shape index (κ3) is 3.67. The molecule has 0 aliphatic carbocycles. The smallest absolute Gasteiger partial charge is 0.307 e. The van der Waals surface area contributed by atoms with E-state index in [0.717, 1.165) is 24.5 Å². The van der Waals surface area contributed by atoms with E-state index in [0.29, 0.717) is 26.1 Å². The van der Waals surface area contributed by atoms with Crippen molar-refractivity contribution in [3.8, 4) is 0 Å². The van der Waals surface area contributed by atoms with Gasteiger partial charge in [0.15, 0.2) is 0 Å². The van der Waals surface area contributed by atoms with Crippen molar-refractivity contribution in [2.24, 2.45) is 0 Å². The number of piperazine rings is 1. The average Bonchev–Trinajstić information content (AvgIpc) is 2.92. The predicted molar refractivity (Wildman–Crippen MR) is 93.1 cm³/mol. The summed E-state index contributed by atoms with van der Waals surface area (Å²) in [6, 6.07) is 6.43. The molecule has 2 heterocycles. The normalized spacial score (nSPS) is 14.9. The summed E-state index contributed by atoms with van der Waals surface area (Å²) in [5.41, 5.74) is 1.88. The van der Waals surface area contributed by atoms with Crippen LogP contribution in [0, 0.1) is 12.7 Å². The van der Waals surface area contributed by atoms with Crippen LogP contribution < -0.4 is 9.77 Å². The molecular formula is C17H20FN3O2S. The van der Waals surface area contributed by atoms with Gasteiger partial charge in [0, 0.05) is 55.9 Å². The number of amides is 1. The van der Waals surface area contributed by atoms with Crippen molar-refractivity contribution in [3.05, 3.63) is 50.8 Å². The lowest BCUT2D eigenvalue weighted by Crippen LogP contribution is -2.49. The first kappa shape index (κ1) is 16.7. The Balaban J connectivity index is 1.52. The summed E-state index contributed by atoms with van der Waals surface area (Å²) < 4.78 is 14.6. The van der Waals surface area contributed by atoms with Gasteiger partial charge in [0.25, 0.3) is 0 Å². The van der Waals surface area contributed by atoms with E-state index in [4.69, 9.17) is 0 Å². The lowest BCUT2D eigenvalue weighted by molar-refractivity contribution is -0.131. The number of rotatable bonds is 4. The van der Waals surface area contributed by atoms with Gasteiger partial charge in [-0.1, -0.05) is 11.3 Å². The van der Waals surface area contributed by atoms with Crippen LogP contribution in [0.5, 0.6) is 0 Å². The summed E-state index contributed by atoms with van der Waals surface area (Å²) in [4.78, 5) is 28.0. The van der Waals surface area contributed by atoms with E-state index >= 15 is 0 Å². The molecule has 1 aliphatic rings. The molecule has 0 saturated carbocycles. The molecule has 1 amide bonds. The Morgan fingerprint density at radius 3 is 2.42 bits per heavy atom. The lowest BCUT2D eigenvalue weighted by Gasteiger charge is -2.36. The zero-order valence-corrected chi connectivity index (χ0v) is 14.4. The van der Waals surface area contributed by atoms with Crippen LogP contribution in [-0.2, 0) is 11.3 Å². The molecule has 24 heavy (non-hydrogen) atoms. The van der Waals surface area contributed by atoms with E-state index in [1.165, 1.54) is 23.5 Å². The Morgan fingerprint density at radius 1 is 1.17 bits per heavy atom. The minimum absolute atomic E-state index is 0.0126. The second-order valence-corrected chi connectivity index (χ2v) is 6.71. The first-order chi connectivity index (χ1) is 11.5. The Labute approximate surface area is 143 Å². The van der Waals surface area contributed by atoms with Crippen molar-refractivity contribution in [2.45, 2.75) is 19.9 Å². The summed E-state index contributed by atoms with van der Waals surface area (Å²) in [5.74, 6) is -0.169. The molecule has 2 aromatic rings. The third-order valence-electron chi connectivity index (χ3n) is 4.35. The number of nitrogens with zero attached hydrogens (tertiary/aromatic N) is 3. The maximum atomic E-state index is 13.0. The molecule has 7 heteroatoms. The monoisotopic (exact) mass is 349 g/mol. The van der Waals surface area contributed by atoms with Crippen LogP contribution >= 0.6 is 11.3 Å². The molecule has 1 aromatic carbocycles. The topological polar surface area (TPSA) is 45.6 Å². The maximum absolute atomic E-state index is 13.0. The van der Waals surface area contributed by atoms with Crippen LogP contribution in [0.3, 0.4) is 0 Å². The Kier molecular flexibility index (Phi) is 4.99. The largest absolute Gasteiger partial charge is 0.368 e.